The third-order valence-corrected chi connectivity index (χ3v) is 4.46. The predicted octanol–water partition coefficient (Wildman–Crippen LogP) is 5.59. The minimum Gasteiger partial charge on any atom is -0.130 e. The fourth-order valence-electron chi connectivity index (χ4n) is 2.66. The maximum atomic E-state index is 2.25. The highest BCUT2D eigenvalue weighted by Crippen LogP contribution is 2.32. The molecular formula is C20H18S. The number of hydrogen-bond donors (Lipinski definition) is 0. The average Bonchev–Trinajstić information content (AvgIpc) is 2.58. The van der Waals surface area contributed by atoms with Gasteiger partial charge in [-0.1, -0.05) is 72.8 Å². The molecule has 0 aliphatic heterocycles. The van der Waals surface area contributed by atoms with Crippen molar-refractivity contribution in [3.63, 3.8) is 0 Å². The zero-order valence-corrected chi connectivity index (χ0v) is 12.9. The standard InChI is InChI=1S/C20H18S/c1-21-19-14-12-18(13-15-19)20(16-8-4-2-5-9-16)17-10-6-3-7-11-17/h2-15,20H,1H3. The normalized spacial score (nSPS) is 10.8. The molecule has 0 unspecified atom stereocenters. The van der Waals surface area contributed by atoms with Crippen molar-refractivity contribution in [3.05, 3.63) is 102 Å². The summed E-state index contributed by atoms with van der Waals surface area (Å²) in [6.45, 7) is 0. The molecule has 104 valence electrons. The Labute approximate surface area is 130 Å². The van der Waals surface area contributed by atoms with Crippen LogP contribution in [0.15, 0.2) is 89.8 Å². The van der Waals surface area contributed by atoms with Gasteiger partial charge in [-0.15, -0.1) is 11.8 Å². The van der Waals surface area contributed by atoms with Gasteiger partial charge in [0.15, 0.2) is 0 Å². The third-order valence-electron chi connectivity index (χ3n) is 3.71. The summed E-state index contributed by atoms with van der Waals surface area (Å²) in [6.07, 6.45) is 2.11. The molecule has 0 spiro atoms. The Kier molecular flexibility index (Phi) is 4.42. The molecule has 3 rings (SSSR count). The summed E-state index contributed by atoms with van der Waals surface area (Å²) in [5.41, 5.74) is 4.01. The number of thioether (sulfide) groups is 1. The van der Waals surface area contributed by atoms with E-state index in [1.165, 1.54) is 21.6 Å². The van der Waals surface area contributed by atoms with E-state index < -0.39 is 0 Å². The van der Waals surface area contributed by atoms with Gasteiger partial charge in [-0.3, -0.25) is 0 Å². The SMILES string of the molecule is CSc1ccc(C(c2ccccc2)c2ccccc2)cc1. The van der Waals surface area contributed by atoms with Crippen molar-refractivity contribution in [1.29, 1.82) is 0 Å². The maximum Gasteiger partial charge on any atom is 0.0340 e. The summed E-state index contributed by atoms with van der Waals surface area (Å²) in [5, 5.41) is 0. The van der Waals surface area contributed by atoms with Gasteiger partial charge in [-0.05, 0) is 35.1 Å². The molecule has 0 saturated carbocycles. The van der Waals surface area contributed by atoms with Crippen LogP contribution in [0.1, 0.15) is 22.6 Å². The average molecular weight is 290 g/mol. The van der Waals surface area contributed by atoms with Gasteiger partial charge in [-0.25, -0.2) is 0 Å². The first kappa shape index (κ1) is 14.0. The molecule has 21 heavy (non-hydrogen) atoms. The van der Waals surface area contributed by atoms with Gasteiger partial charge in [-0.2, -0.15) is 0 Å². The highest BCUT2D eigenvalue weighted by molar-refractivity contribution is 7.98. The van der Waals surface area contributed by atoms with E-state index in [-0.39, 0.29) is 0 Å². The molecule has 1 heteroatoms. The van der Waals surface area contributed by atoms with Gasteiger partial charge in [0.1, 0.15) is 0 Å². The highest BCUT2D eigenvalue weighted by Gasteiger charge is 2.15. The summed E-state index contributed by atoms with van der Waals surface area (Å²) < 4.78 is 0. The molecule has 0 bridgehead atoms. The molecule has 0 N–H and O–H groups in total. The summed E-state index contributed by atoms with van der Waals surface area (Å²) in [7, 11) is 0. The number of benzene rings is 3. The van der Waals surface area contributed by atoms with Crippen LogP contribution >= 0.6 is 11.8 Å². The van der Waals surface area contributed by atoms with Crippen LogP contribution in [0.25, 0.3) is 0 Å². The largest absolute Gasteiger partial charge is 0.130 e. The minimum atomic E-state index is 0.295. The van der Waals surface area contributed by atoms with E-state index in [1.54, 1.807) is 11.8 Å². The quantitative estimate of drug-likeness (QED) is 0.446. The van der Waals surface area contributed by atoms with Crippen molar-refractivity contribution in [2.45, 2.75) is 10.8 Å². The number of hydrogen-bond acceptors (Lipinski definition) is 1. The molecular weight excluding hydrogens is 272 g/mol. The van der Waals surface area contributed by atoms with Crippen LogP contribution in [0, 0.1) is 0 Å². The van der Waals surface area contributed by atoms with Crippen LogP contribution in [0.3, 0.4) is 0 Å². The van der Waals surface area contributed by atoms with Gasteiger partial charge in [0.05, 0.1) is 0 Å². The molecule has 0 aliphatic rings. The van der Waals surface area contributed by atoms with Crippen LogP contribution in [-0.4, -0.2) is 6.26 Å². The fraction of sp³-hybridized carbons (Fsp3) is 0.100. The van der Waals surface area contributed by atoms with Crippen molar-refractivity contribution in [3.8, 4) is 0 Å². The Morgan fingerprint density at radius 3 is 1.43 bits per heavy atom. The molecule has 0 nitrogen and oxygen atoms in total. The molecule has 0 atom stereocenters. The molecule has 3 aromatic rings. The first-order valence-electron chi connectivity index (χ1n) is 7.12. The van der Waals surface area contributed by atoms with Gasteiger partial charge in [0, 0.05) is 10.8 Å². The topological polar surface area (TPSA) is 0 Å². The van der Waals surface area contributed by atoms with Crippen LogP contribution < -0.4 is 0 Å². The van der Waals surface area contributed by atoms with Gasteiger partial charge in [0.2, 0.25) is 0 Å². The second-order valence-electron chi connectivity index (χ2n) is 5.03. The second-order valence-corrected chi connectivity index (χ2v) is 5.91. The van der Waals surface area contributed by atoms with Crippen molar-refractivity contribution in [1.82, 2.24) is 0 Å². The fourth-order valence-corrected chi connectivity index (χ4v) is 3.07. The Bertz CT molecular complexity index is 633. The third kappa shape index (κ3) is 3.20. The van der Waals surface area contributed by atoms with Gasteiger partial charge >= 0.3 is 0 Å². The van der Waals surface area contributed by atoms with Crippen molar-refractivity contribution in [2.24, 2.45) is 0 Å². The van der Waals surface area contributed by atoms with E-state index in [2.05, 4.69) is 91.2 Å². The smallest absolute Gasteiger partial charge is 0.0340 e. The Morgan fingerprint density at radius 2 is 1.00 bits per heavy atom. The molecule has 0 saturated heterocycles. The molecule has 0 fully saturated rings. The van der Waals surface area contributed by atoms with Crippen molar-refractivity contribution < 1.29 is 0 Å². The predicted molar refractivity (Wildman–Crippen MR) is 92.1 cm³/mol. The zero-order valence-electron chi connectivity index (χ0n) is 12.1. The van der Waals surface area contributed by atoms with E-state index in [0.29, 0.717) is 5.92 Å². The summed E-state index contributed by atoms with van der Waals surface area (Å²) in [6, 6.07) is 30.3. The maximum absolute atomic E-state index is 2.25. The molecule has 0 amide bonds. The molecule has 3 aromatic carbocycles. The van der Waals surface area contributed by atoms with Crippen molar-refractivity contribution >= 4 is 11.8 Å². The van der Waals surface area contributed by atoms with Gasteiger partial charge in [0.25, 0.3) is 0 Å². The summed E-state index contributed by atoms with van der Waals surface area (Å²) in [5.74, 6) is 0.295. The molecule has 0 aromatic heterocycles. The Morgan fingerprint density at radius 1 is 0.571 bits per heavy atom. The first-order chi connectivity index (χ1) is 10.4. The van der Waals surface area contributed by atoms with Crippen LogP contribution in [0.5, 0.6) is 0 Å². The van der Waals surface area contributed by atoms with E-state index in [4.69, 9.17) is 0 Å². The lowest BCUT2D eigenvalue weighted by molar-refractivity contribution is 0.974. The monoisotopic (exact) mass is 290 g/mol. The number of rotatable bonds is 4. The van der Waals surface area contributed by atoms with Crippen LogP contribution in [0.2, 0.25) is 0 Å². The highest BCUT2D eigenvalue weighted by atomic mass is 32.2. The van der Waals surface area contributed by atoms with Gasteiger partial charge < -0.3 is 0 Å². The van der Waals surface area contributed by atoms with Crippen LogP contribution in [0.4, 0.5) is 0 Å². The Hall–Kier alpha value is -1.99. The molecule has 0 heterocycles. The van der Waals surface area contributed by atoms with Crippen molar-refractivity contribution in [2.75, 3.05) is 6.26 Å². The second kappa shape index (κ2) is 6.64. The lowest BCUT2D eigenvalue weighted by atomic mass is 9.85. The van der Waals surface area contributed by atoms with E-state index in [1.807, 2.05) is 0 Å². The summed E-state index contributed by atoms with van der Waals surface area (Å²) in [4.78, 5) is 1.30. The summed E-state index contributed by atoms with van der Waals surface area (Å²) >= 11 is 1.78. The van der Waals surface area contributed by atoms with Crippen LogP contribution in [-0.2, 0) is 0 Å². The van der Waals surface area contributed by atoms with E-state index in [9.17, 15) is 0 Å². The minimum absolute atomic E-state index is 0.295. The van der Waals surface area contributed by atoms with E-state index >= 15 is 0 Å². The zero-order chi connectivity index (χ0) is 14.5. The van der Waals surface area contributed by atoms with E-state index in [0.717, 1.165) is 0 Å². The first-order valence-corrected chi connectivity index (χ1v) is 8.35. The lowest BCUT2D eigenvalue weighted by Gasteiger charge is -2.19. The molecule has 0 radical (unpaired) electrons. The lowest BCUT2D eigenvalue weighted by Crippen LogP contribution is -2.02. The Balaban J connectivity index is 2.07. The molecule has 0 aliphatic carbocycles.